The van der Waals surface area contributed by atoms with Gasteiger partial charge in [0.2, 0.25) is 0 Å². The van der Waals surface area contributed by atoms with Crippen molar-refractivity contribution in [2.75, 3.05) is 25.0 Å². The van der Waals surface area contributed by atoms with E-state index in [-0.39, 0.29) is 17.6 Å². The first kappa shape index (κ1) is 23.4. The summed E-state index contributed by atoms with van der Waals surface area (Å²) in [7, 11) is 0. The Balaban J connectivity index is 1.35. The smallest absolute Gasteiger partial charge is 0.254 e. The van der Waals surface area contributed by atoms with Crippen molar-refractivity contribution in [2.45, 2.75) is 51.4 Å². The Morgan fingerprint density at radius 2 is 2.03 bits per heavy atom. The Labute approximate surface area is 203 Å². The standard InChI is InChI=1S/C26H30F2N6O/c1-3-33-7-6-23(22(28)13-33)31-19-9-17(11-29-12-19)24-14-34(15-30-24)25-10-20(21(27)8-16(25)2)26(35)32-18-4-5-18/h8-12,14-15,18,22-23,31H,3-7,13H2,1-2H3,(H,32,35). The number of imidazole rings is 1. The number of amides is 1. The second-order valence-corrected chi connectivity index (χ2v) is 9.44. The number of carbonyl (C=O) groups excluding carboxylic acids is 1. The van der Waals surface area contributed by atoms with Crippen LogP contribution in [0.5, 0.6) is 0 Å². The summed E-state index contributed by atoms with van der Waals surface area (Å²) in [5.41, 5.74) is 3.59. The Morgan fingerprint density at radius 1 is 1.20 bits per heavy atom. The van der Waals surface area contributed by atoms with Crippen LogP contribution in [-0.4, -0.2) is 63.2 Å². The van der Waals surface area contributed by atoms with Crippen molar-refractivity contribution in [2.24, 2.45) is 0 Å². The minimum atomic E-state index is -0.945. The summed E-state index contributed by atoms with van der Waals surface area (Å²) in [6.45, 7) is 5.99. The molecule has 35 heavy (non-hydrogen) atoms. The monoisotopic (exact) mass is 480 g/mol. The van der Waals surface area contributed by atoms with Crippen molar-refractivity contribution in [3.8, 4) is 16.9 Å². The summed E-state index contributed by atoms with van der Waals surface area (Å²) < 4.78 is 30.9. The van der Waals surface area contributed by atoms with Gasteiger partial charge >= 0.3 is 0 Å². The fourth-order valence-electron chi connectivity index (χ4n) is 4.50. The molecule has 2 aliphatic rings. The van der Waals surface area contributed by atoms with Gasteiger partial charge in [-0.05, 0) is 56.5 Å². The van der Waals surface area contributed by atoms with E-state index in [4.69, 9.17) is 0 Å². The molecule has 184 valence electrons. The quantitative estimate of drug-likeness (QED) is 0.532. The molecule has 2 atom stereocenters. The Hall–Kier alpha value is -3.33. The van der Waals surface area contributed by atoms with Gasteiger partial charge in [-0.25, -0.2) is 13.8 Å². The molecule has 1 aromatic carbocycles. The largest absolute Gasteiger partial charge is 0.378 e. The third-order valence-corrected chi connectivity index (χ3v) is 6.76. The van der Waals surface area contributed by atoms with Gasteiger partial charge in [-0.15, -0.1) is 0 Å². The number of rotatable bonds is 7. The highest BCUT2D eigenvalue weighted by molar-refractivity contribution is 5.95. The lowest BCUT2D eigenvalue weighted by Crippen LogP contribution is -2.47. The maximum absolute atomic E-state index is 14.6. The maximum atomic E-state index is 14.6. The second kappa shape index (κ2) is 9.73. The van der Waals surface area contributed by atoms with E-state index in [0.717, 1.165) is 43.6 Å². The average molecular weight is 481 g/mol. The fourth-order valence-corrected chi connectivity index (χ4v) is 4.50. The van der Waals surface area contributed by atoms with E-state index in [0.29, 0.717) is 23.5 Å². The molecule has 2 aromatic heterocycles. The fraction of sp³-hybridized carbons (Fsp3) is 0.423. The number of benzene rings is 1. The zero-order valence-corrected chi connectivity index (χ0v) is 20.0. The molecular formula is C26H30F2N6O. The van der Waals surface area contributed by atoms with E-state index in [1.54, 1.807) is 36.3 Å². The van der Waals surface area contributed by atoms with Gasteiger partial charge in [-0.2, -0.15) is 0 Å². The molecule has 0 spiro atoms. The van der Waals surface area contributed by atoms with Crippen LogP contribution in [0.4, 0.5) is 14.5 Å². The number of piperidine rings is 1. The Bertz CT molecular complexity index is 1220. The van der Waals surface area contributed by atoms with Gasteiger partial charge in [0.25, 0.3) is 5.91 Å². The lowest BCUT2D eigenvalue weighted by Gasteiger charge is -2.34. The van der Waals surface area contributed by atoms with Gasteiger partial charge in [-0.3, -0.25) is 9.78 Å². The van der Waals surface area contributed by atoms with E-state index in [2.05, 4.69) is 25.5 Å². The van der Waals surface area contributed by atoms with Gasteiger partial charge in [-0.1, -0.05) is 6.92 Å². The Kier molecular flexibility index (Phi) is 6.51. The van der Waals surface area contributed by atoms with Crippen molar-refractivity contribution in [3.05, 3.63) is 60.1 Å². The molecule has 9 heteroatoms. The first-order chi connectivity index (χ1) is 16.9. The number of alkyl halides is 1. The van der Waals surface area contributed by atoms with Gasteiger partial charge < -0.3 is 20.1 Å². The third kappa shape index (κ3) is 5.19. The van der Waals surface area contributed by atoms with Gasteiger partial charge in [0.05, 0.1) is 35.0 Å². The first-order valence-electron chi connectivity index (χ1n) is 12.1. The van der Waals surface area contributed by atoms with Crippen molar-refractivity contribution in [3.63, 3.8) is 0 Å². The van der Waals surface area contributed by atoms with Crippen LogP contribution >= 0.6 is 0 Å². The first-order valence-corrected chi connectivity index (χ1v) is 12.1. The zero-order chi connectivity index (χ0) is 24.5. The van der Waals surface area contributed by atoms with E-state index < -0.39 is 17.9 Å². The summed E-state index contributed by atoms with van der Waals surface area (Å²) >= 11 is 0. The molecule has 1 amide bonds. The number of hydrogen-bond donors (Lipinski definition) is 2. The molecule has 2 unspecified atom stereocenters. The molecule has 2 fully saturated rings. The van der Waals surface area contributed by atoms with Crippen LogP contribution in [0, 0.1) is 12.7 Å². The third-order valence-electron chi connectivity index (χ3n) is 6.76. The van der Waals surface area contributed by atoms with E-state index in [9.17, 15) is 13.6 Å². The summed E-state index contributed by atoms with van der Waals surface area (Å²) in [6.07, 6.45) is 8.50. The molecule has 1 saturated carbocycles. The molecule has 1 aliphatic heterocycles. The van der Waals surface area contributed by atoms with Gasteiger partial charge in [0.15, 0.2) is 0 Å². The normalized spacial score (nSPS) is 20.6. The molecule has 5 rings (SSSR count). The van der Waals surface area contributed by atoms with Crippen LogP contribution in [0.1, 0.15) is 42.1 Å². The molecule has 1 aliphatic carbocycles. The number of pyridine rings is 1. The second-order valence-electron chi connectivity index (χ2n) is 9.44. The molecule has 3 heterocycles. The minimum absolute atomic E-state index is 0.0236. The Morgan fingerprint density at radius 3 is 2.77 bits per heavy atom. The molecular weight excluding hydrogens is 450 g/mol. The highest BCUT2D eigenvalue weighted by atomic mass is 19.1. The number of aryl methyl sites for hydroxylation is 1. The highest BCUT2D eigenvalue weighted by Crippen LogP contribution is 2.26. The summed E-state index contributed by atoms with van der Waals surface area (Å²) in [4.78, 5) is 23.4. The molecule has 1 saturated heterocycles. The molecule has 0 bridgehead atoms. The molecule has 0 radical (unpaired) electrons. The van der Waals surface area contributed by atoms with Crippen LogP contribution < -0.4 is 10.6 Å². The minimum Gasteiger partial charge on any atom is -0.378 e. The van der Waals surface area contributed by atoms with E-state index in [1.807, 2.05) is 19.2 Å². The number of carbonyl (C=O) groups is 1. The molecule has 2 N–H and O–H groups in total. The lowest BCUT2D eigenvalue weighted by molar-refractivity contribution is 0.0947. The summed E-state index contributed by atoms with van der Waals surface area (Å²) in [5, 5.41) is 6.14. The molecule has 7 nitrogen and oxygen atoms in total. The topological polar surface area (TPSA) is 75.1 Å². The van der Waals surface area contributed by atoms with Crippen LogP contribution in [0.2, 0.25) is 0 Å². The van der Waals surface area contributed by atoms with Crippen LogP contribution in [0.25, 0.3) is 16.9 Å². The highest BCUT2D eigenvalue weighted by Gasteiger charge is 2.28. The van der Waals surface area contributed by atoms with Crippen molar-refractivity contribution in [1.82, 2.24) is 24.8 Å². The number of aromatic nitrogens is 3. The number of likely N-dealkylation sites (tertiary alicyclic amines) is 1. The van der Waals surface area contributed by atoms with Gasteiger partial charge in [0.1, 0.15) is 12.0 Å². The van der Waals surface area contributed by atoms with Crippen molar-refractivity contribution >= 4 is 11.6 Å². The maximum Gasteiger partial charge on any atom is 0.254 e. The molecule has 3 aromatic rings. The summed E-state index contributed by atoms with van der Waals surface area (Å²) in [6, 6.07) is 4.74. The number of nitrogens with one attached hydrogen (secondary N) is 2. The predicted octanol–water partition coefficient (Wildman–Crippen LogP) is 4.12. The van der Waals surface area contributed by atoms with Gasteiger partial charge in [0, 0.05) is 43.3 Å². The van der Waals surface area contributed by atoms with Crippen molar-refractivity contribution < 1.29 is 13.6 Å². The van der Waals surface area contributed by atoms with Crippen LogP contribution in [-0.2, 0) is 0 Å². The summed E-state index contributed by atoms with van der Waals surface area (Å²) in [5.74, 6) is -0.936. The number of hydrogen-bond acceptors (Lipinski definition) is 5. The zero-order valence-electron chi connectivity index (χ0n) is 20.0. The van der Waals surface area contributed by atoms with Crippen molar-refractivity contribution in [1.29, 1.82) is 0 Å². The lowest BCUT2D eigenvalue weighted by atomic mass is 10.0. The van der Waals surface area contributed by atoms with E-state index >= 15 is 0 Å². The van der Waals surface area contributed by atoms with Crippen LogP contribution in [0.3, 0.4) is 0 Å². The number of halogens is 2. The predicted molar refractivity (Wildman–Crippen MR) is 131 cm³/mol. The van der Waals surface area contributed by atoms with Crippen LogP contribution in [0.15, 0.2) is 43.1 Å². The SMILES string of the molecule is CCN1CCC(Nc2cncc(-c3cn(-c4cc(C(=O)NC5CC5)c(F)cc4C)cn3)c2)C(F)C1. The number of anilines is 1. The average Bonchev–Trinajstić information content (AvgIpc) is 3.52. The van der Waals surface area contributed by atoms with E-state index in [1.165, 1.54) is 6.07 Å². The number of nitrogens with zero attached hydrogens (tertiary/aromatic N) is 4.